The maximum atomic E-state index is 13.6. The Morgan fingerprint density at radius 1 is 1.12 bits per heavy atom. The van der Waals surface area contributed by atoms with Gasteiger partial charge in [0, 0.05) is 11.9 Å². The number of likely N-dealkylation sites (tertiary alicyclic amines) is 1. The summed E-state index contributed by atoms with van der Waals surface area (Å²) in [6, 6.07) is 2.76. The molecule has 0 bridgehead atoms. The molecule has 1 saturated heterocycles. The van der Waals surface area contributed by atoms with Crippen LogP contribution in [0.3, 0.4) is 0 Å². The number of H-pyrrole nitrogens is 1. The van der Waals surface area contributed by atoms with Gasteiger partial charge in [-0.05, 0) is 51.2 Å². The number of carbonyl (C=O) groups excluding carboxylic acids is 3. The zero-order valence-electron chi connectivity index (χ0n) is 20.3. The summed E-state index contributed by atoms with van der Waals surface area (Å²) in [6.07, 6.45) is 7.62. The van der Waals surface area contributed by atoms with Crippen LogP contribution >= 0.6 is 0 Å². The number of aromatic amines is 1. The van der Waals surface area contributed by atoms with E-state index in [9.17, 15) is 14.4 Å². The lowest BCUT2D eigenvalue weighted by Crippen LogP contribution is -2.49. The van der Waals surface area contributed by atoms with Gasteiger partial charge in [0.15, 0.2) is 0 Å². The highest BCUT2D eigenvalue weighted by Gasteiger charge is 2.46. The molecule has 9 heteroatoms. The van der Waals surface area contributed by atoms with Gasteiger partial charge >= 0.3 is 12.1 Å². The highest BCUT2D eigenvalue weighted by molar-refractivity contribution is 5.99. The van der Waals surface area contributed by atoms with Gasteiger partial charge in [0.05, 0.1) is 18.8 Å². The average molecular weight is 471 g/mol. The molecule has 1 saturated carbocycles. The second-order valence-electron chi connectivity index (χ2n) is 10.3. The zero-order valence-corrected chi connectivity index (χ0v) is 20.3. The quantitative estimate of drug-likeness (QED) is 0.637. The lowest BCUT2D eigenvalue weighted by atomic mass is 9.76. The van der Waals surface area contributed by atoms with E-state index in [2.05, 4.69) is 15.3 Å². The molecule has 4 rings (SSSR count). The van der Waals surface area contributed by atoms with Crippen LogP contribution in [0.25, 0.3) is 10.9 Å². The average Bonchev–Trinajstić information content (AvgIpc) is 3.42. The van der Waals surface area contributed by atoms with E-state index in [4.69, 9.17) is 9.47 Å². The van der Waals surface area contributed by atoms with E-state index < -0.39 is 23.7 Å². The van der Waals surface area contributed by atoms with Crippen molar-refractivity contribution in [3.63, 3.8) is 0 Å². The predicted molar refractivity (Wildman–Crippen MR) is 127 cm³/mol. The van der Waals surface area contributed by atoms with Gasteiger partial charge in [-0.2, -0.15) is 0 Å². The maximum absolute atomic E-state index is 13.6. The first kappa shape index (κ1) is 24.0. The highest BCUT2D eigenvalue weighted by Crippen LogP contribution is 2.39. The molecule has 0 aromatic carbocycles. The summed E-state index contributed by atoms with van der Waals surface area (Å²) >= 11 is 0. The number of nitrogens with one attached hydrogen (secondary N) is 2. The third-order valence-electron chi connectivity index (χ3n) is 6.76. The van der Waals surface area contributed by atoms with E-state index in [1.807, 2.05) is 20.8 Å². The number of rotatable bonds is 4. The summed E-state index contributed by atoms with van der Waals surface area (Å²) < 4.78 is 10.4. The molecular weight excluding hydrogens is 436 g/mol. The van der Waals surface area contributed by atoms with Crippen molar-refractivity contribution in [2.75, 3.05) is 19.0 Å². The molecule has 2 atom stereocenters. The number of amides is 2. The Balaban J connectivity index is 1.57. The summed E-state index contributed by atoms with van der Waals surface area (Å²) in [5.41, 5.74) is 0.334. The largest absolute Gasteiger partial charge is 0.464 e. The predicted octanol–water partition coefficient (Wildman–Crippen LogP) is 4.49. The summed E-state index contributed by atoms with van der Waals surface area (Å²) in [4.78, 5) is 47.2. The minimum absolute atomic E-state index is 0.0923. The second kappa shape index (κ2) is 9.64. The molecule has 2 aromatic heterocycles. The molecular formula is C25H34N4O5. The molecule has 1 aliphatic carbocycles. The Bertz CT molecular complexity index is 1070. The molecule has 2 amide bonds. The monoisotopic (exact) mass is 470 g/mol. The number of ether oxygens (including phenoxy) is 2. The van der Waals surface area contributed by atoms with Crippen molar-refractivity contribution in [2.24, 2.45) is 11.8 Å². The number of carbonyl (C=O) groups is 3. The van der Waals surface area contributed by atoms with Crippen LogP contribution in [0.4, 0.5) is 10.6 Å². The molecule has 184 valence electrons. The third-order valence-corrected chi connectivity index (χ3v) is 6.76. The first-order valence-electron chi connectivity index (χ1n) is 12.0. The summed E-state index contributed by atoms with van der Waals surface area (Å²) in [6.45, 7) is 5.98. The number of aromatic nitrogens is 2. The Labute approximate surface area is 199 Å². The van der Waals surface area contributed by atoms with Crippen molar-refractivity contribution >= 4 is 34.7 Å². The lowest BCUT2D eigenvalue weighted by molar-refractivity contribution is -0.122. The summed E-state index contributed by atoms with van der Waals surface area (Å²) in [7, 11) is 1.32. The van der Waals surface area contributed by atoms with Crippen LogP contribution in [0.5, 0.6) is 0 Å². The molecule has 2 aromatic rings. The van der Waals surface area contributed by atoms with Crippen molar-refractivity contribution in [2.45, 2.75) is 70.9 Å². The minimum Gasteiger partial charge on any atom is -0.464 e. The molecule has 9 nitrogen and oxygen atoms in total. The minimum atomic E-state index is -0.640. The number of pyridine rings is 1. The van der Waals surface area contributed by atoms with Crippen LogP contribution in [0.2, 0.25) is 0 Å². The Hall–Kier alpha value is -3.10. The van der Waals surface area contributed by atoms with Gasteiger partial charge in [-0.15, -0.1) is 0 Å². The normalized spacial score (nSPS) is 21.5. The number of hydrogen-bond acceptors (Lipinski definition) is 6. The van der Waals surface area contributed by atoms with Crippen molar-refractivity contribution in [3.05, 3.63) is 24.0 Å². The first-order valence-corrected chi connectivity index (χ1v) is 12.0. The fourth-order valence-corrected chi connectivity index (χ4v) is 5.25. The van der Waals surface area contributed by atoms with Gasteiger partial charge in [0.1, 0.15) is 23.2 Å². The van der Waals surface area contributed by atoms with Crippen LogP contribution in [0, 0.1) is 11.8 Å². The van der Waals surface area contributed by atoms with Crippen LogP contribution < -0.4 is 5.32 Å². The van der Waals surface area contributed by atoms with E-state index >= 15 is 0 Å². The van der Waals surface area contributed by atoms with Crippen LogP contribution in [-0.4, -0.2) is 58.1 Å². The molecule has 3 heterocycles. The van der Waals surface area contributed by atoms with Crippen molar-refractivity contribution in [3.8, 4) is 0 Å². The SMILES string of the molecule is COC(=O)c1cc2cc(NC(=O)[C@@H]3[C@H](C4CCCCC4)CCN3C(=O)OC(C)(C)C)ncc2[nH]1. The summed E-state index contributed by atoms with van der Waals surface area (Å²) in [5, 5.41) is 3.64. The van der Waals surface area contributed by atoms with Crippen molar-refractivity contribution in [1.82, 2.24) is 14.9 Å². The van der Waals surface area contributed by atoms with Crippen molar-refractivity contribution in [1.29, 1.82) is 0 Å². The molecule has 0 radical (unpaired) electrons. The lowest BCUT2D eigenvalue weighted by Gasteiger charge is -2.34. The molecule has 1 aliphatic heterocycles. The topological polar surface area (TPSA) is 114 Å². The van der Waals surface area contributed by atoms with Gasteiger partial charge in [-0.3, -0.25) is 9.69 Å². The molecule has 0 unspecified atom stereocenters. The number of hydrogen-bond donors (Lipinski definition) is 2. The first-order chi connectivity index (χ1) is 16.2. The maximum Gasteiger partial charge on any atom is 0.410 e. The molecule has 2 N–H and O–H groups in total. The molecule has 34 heavy (non-hydrogen) atoms. The van der Waals surface area contributed by atoms with Gasteiger partial charge in [-0.1, -0.05) is 32.1 Å². The Morgan fingerprint density at radius 2 is 1.85 bits per heavy atom. The third kappa shape index (κ3) is 5.18. The number of methoxy groups -OCH3 is 1. The number of nitrogens with zero attached hydrogens (tertiary/aromatic N) is 2. The number of esters is 1. The molecule has 0 spiro atoms. The zero-order chi connectivity index (χ0) is 24.5. The van der Waals surface area contributed by atoms with E-state index in [0.29, 0.717) is 29.5 Å². The van der Waals surface area contributed by atoms with Gasteiger partial charge in [0.25, 0.3) is 0 Å². The van der Waals surface area contributed by atoms with Gasteiger partial charge in [0.2, 0.25) is 5.91 Å². The standard InChI is InChI=1S/C25H34N4O5/c1-25(2,3)34-24(32)29-11-10-17(15-8-6-5-7-9-15)21(29)22(30)28-20-13-16-12-18(23(31)33-4)27-19(16)14-26-20/h12-15,17,21,27H,5-11H2,1-4H3,(H,26,28,30)/t17-,21-/m0/s1. The summed E-state index contributed by atoms with van der Waals surface area (Å²) in [5.74, 6) is 0.145. The smallest absolute Gasteiger partial charge is 0.410 e. The Kier molecular flexibility index (Phi) is 6.81. The highest BCUT2D eigenvalue weighted by atomic mass is 16.6. The van der Waals surface area contributed by atoms with Crippen molar-refractivity contribution < 1.29 is 23.9 Å². The fraction of sp³-hybridized carbons (Fsp3) is 0.600. The Morgan fingerprint density at radius 3 is 2.53 bits per heavy atom. The van der Waals surface area contributed by atoms with E-state index in [1.54, 1.807) is 23.2 Å². The second-order valence-corrected chi connectivity index (χ2v) is 10.3. The molecule has 2 aliphatic rings. The van der Waals surface area contributed by atoms with Crippen LogP contribution in [0.15, 0.2) is 18.3 Å². The van der Waals surface area contributed by atoms with Crippen LogP contribution in [0.1, 0.15) is 69.8 Å². The number of fused-ring (bicyclic) bond motifs is 1. The number of anilines is 1. The fourth-order valence-electron chi connectivity index (χ4n) is 5.25. The van der Waals surface area contributed by atoms with Crippen LogP contribution in [-0.2, 0) is 14.3 Å². The van der Waals surface area contributed by atoms with E-state index in [-0.39, 0.29) is 11.8 Å². The van der Waals surface area contributed by atoms with Gasteiger partial charge in [-0.25, -0.2) is 14.6 Å². The van der Waals surface area contributed by atoms with E-state index in [0.717, 1.165) is 37.5 Å². The van der Waals surface area contributed by atoms with E-state index in [1.165, 1.54) is 13.5 Å². The van der Waals surface area contributed by atoms with Gasteiger partial charge < -0.3 is 19.8 Å². The molecule has 2 fully saturated rings.